The molecule has 4 rings (SSSR count). The van der Waals surface area contributed by atoms with Gasteiger partial charge in [-0.05, 0) is 37.0 Å². The summed E-state index contributed by atoms with van der Waals surface area (Å²) >= 11 is 6.09. The number of hydrogen-bond donors (Lipinski definition) is 0. The van der Waals surface area contributed by atoms with Crippen molar-refractivity contribution >= 4 is 33.2 Å². The first-order valence-electron chi connectivity index (χ1n) is 10.6. The average molecular weight is 466 g/mol. The predicted octanol–water partition coefficient (Wildman–Crippen LogP) is 2.46. The lowest BCUT2D eigenvalue weighted by molar-refractivity contribution is 0.0679. The minimum atomic E-state index is -3.88. The van der Waals surface area contributed by atoms with Gasteiger partial charge in [0, 0.05) is 63.2 Å². The van der Waals surface area contributed by atoms with Gasteiger partial charge in [-0.1, -0.05) is 24.6 Å². The van der Waals surface area contributed by atoms with Gasteiger partial charge in [0.05, 0.1) is 5.56 Å². The van der Waals surface area contributed by atoms with Crippen molar-refractivity contribution in [3.8, 4) is 0 Å². The van der Waals surface area contributed by atoms with Crippen molar-refractivity contribution in [3.05, 3.63) is 41.0 Å². The first-order valence-corrected chi connectivity index (χ1v) is 12.4. The van der Waals surface area contributed by atoms with Crippen LogP contribution < -0.4 is 4.90 Å². The molecule has 1 aromatic carbocycles. The molecule has 1 aromatic heterocycles. The number of carbonyl (C=O) groups is 1. The molecule has 0 bridgehead atoms. The summed E-state index contributed by atoms with van der Waals surface area (Å²) in [5, 5.41) is 4.69. The Morgan fingerprint density at radius 3 is 2.58 bits per heavy atom. The van der Waals surface area contributed by atoms with Crippen LogP contribution in [0.4, 0.5) is 5.69 Å². The highest BCUT2D eigenvalue weighted by atomic mass is 35.5. The summed E-state index contributed by atoms with van der Waals surface area (Å²) < 4.78 is 29.7. The second-order valence-corrected chi connectivity index (χ2v) is 10.7. The number of carbonyl (C=O) groups excluding carboxylic acids is 1. The molecule has 0 radical (unpaired) electrons. The quantitative estimate of drug-likeness (QED) is 0.693. The van der Waals surface area contributed by atoms with E-state index in [1.54, 1.807) is 11.9 Å². The molecular formula is C21H28ClN5O3S. The molecule has 1 atom stereocenters. The molecule has 2 aromatic rings. The van der Waals surface area contributed by atoms with Crippen LogP contribution in [0.1, 0.15) is 30.1 Å². The molecule has 2 aliphatic rings. The number of sulfonamides is 1. The van der Waals surface area contributed by atoms with E-state index in [2.05, 4.69) is 16.9 Å². The number of aryl methyl sites for hydroxylation is 1. The Morgan fingerprint density at radius 2 is 1.90 bits per heavy atom. The molecule has 31 heavy (non-hydrogen) atoms. The summed E-state index contributed by atoms with van der Waals surface area (Å²) in [6.45, 7) is 5.12. The number of halogens is 1. The SMILES string of the molecule is C[C@H]1CCCN(C(=O)c2cn(C)nc2S(=O)(=O)N2CCN(c3cccc(Cl)c3)CC2)C1. The van der Waals surface area contributed by atoms with Crippen LogP contribution in [0.15, 0.2) is 35.5 Å². The Balaban J connectivity index is 1.52. The highest BCUT2D eigenvalue weighted by Gasteiger charge is 2.36. The Morgan fingerprint density at radius 1 is 1.16 bits per heavy atom. The number of amides is 1. The summed E-state index contributed by atoms with van der Waals surface area (Å²) in [4.78, 5) is 17.0. The average Bonchev–Trinajstić information content (AvgIpc) is 3.16. The molecule has 0 unspecified atom stereocenters. The summed E-state index contributed by atoms with van der Waals surface area (Å²) in [6.07, 6.45) is 3.54. The van der Waals surface area contributed by atoms with Gasteiger partial charge in [0.25, 0.3) is 15.9 Å². The third-order valence-electron chi connectivity index (χ3n) is 5.97. The number of benzene rings is 1. The standard InChI is InChI=1S/C21H28ClN5O3S/c1-16-5-4-8-26(14-16)21(28)19-15-24(2)23-20(19)31(29,30)27-11-9-25(10-12-27)18-7-3-6-17(22)13-18/h3,6-7,13,15-16H,4-5,8-12,14H2,1-2H3/t16-/m0/s1. The Bertz CT molecular complexity index is 1060. The number of rotatable bonds is 4. The van der Waals surface area contributed by atoms with E-state index in [0.717, 1.165) is 18.5 Å². The van der Waals surface area contributed by atoms with Gasteiger partial charge in [0.15, 0.2) is 0 Å². The molecule has 10 heteroatoms. The number of nitrogens with zero attached hydrogens (tertiary/aromatic N) is 5. The van der Waals surface area contributed by atoms with E-state index in [9.17, 15) is 13.2 Å². The Kier molecular flexibility index (Phi) is 6.27. The second-order valence-electron chi connectivity index (χ2n) is 8.39. The van der Waals surface area contributed by atoms with E-state index in [1.807, 2.05) is 24.3 Å². The Labute approximate surface area is 188 Å². The summed E-state index contributed by atoms with van der Waals surface area (Å²) in [7, 11) is -2.24. The minimum absolute atomic E-state index is 0.144. The molecule has 8 nitrogen and oxygen atoms in total. The van der Waals surface area contributed by atoms with Gasteiger partial charge in [0.1, 0.15) is 0 Å². The van der Waals surface area contributed by atoms with Crippen LogP contribution in [-0.2, 0) is 17.1 Å². The molecule has 0 spiro atoms. The number of piperazine rings is 1. The zero-order valence-electron chi connectivity index (χ0n) is 17.9. The molecular weight excluding hydrogens is 438 g/mol. The molecule has 1 amide bonds. The first kappa shape index (κ1) is 22.1. The minimum Gasteiger partial charge on any atom is -0.369 e. The topological polar surface area (TPSA) is 78.8 Å². The summed E-state index contributed by atoms with van der Waals surface area (Å²) in [5.41, 5.74) is 1.13. The molecule has 2 saturated heterocycles. The van der Waals surface area contributed by atoms with Gasteiger partial charge in [-0.2, -0.15) is 9.40 Å². The van der Waals surface area contributed by atoms with Crippen molar-refractivity contribution in [3.63, 3.8) is 0 Å². The first-order chi connectivity index (χ1) is 14.8. The van der Waals surface area contributed by atoms with Crippen LogP contribution in [0.5, 0.6) is 0 Å². The van der Waals surface area contributed by atoms with Crippen molar-refractivity contribution < 1.29 is 13.2 Å². The normalized spacial score (nSPS) is 20.8. The zero-order valence-corrected chi connectivity index (χ0v) is 19.4. The van der Waals surface area contributed by atoms with E-state index in [-0.39, 0.29) is 16.5 Å². The molecule has 2 fully saturated rings. The monoisotopic (exact) mass is 465 g/mol. The lowest BCUT2D eigenvalue weighted by atomic mass is 10.00. The van der Waals surface area contributed by atoms with E-state index < -0.39 is 10.0 Å². The third-order valence-corrected chi connectivity index (χ3v) is 8.04. The second kappa shape index (κ2) is 8.80. The van der Waals surface area contributed by atoms with E-state index >= 15 is 0 Å². The highest BCUT2D eigenvalue weighted by molar-refractivity contribution is 7.89. The number of likely N-dealkylation sites (tertiary alicyclic amines) is 1. The van der Waals surface area contributed by atoms with Crippen molar-refractivity contribution in [2.24, 2.45) is 13.0 Å². The van der Waals surface area contributed by atoms with Gasteiger partial charge in [-0.25, -0.2) is 8.42 Å². The molecule has 3 heterocycles. The van der Waals surface area contributed by atoms with E-state index in [1.165, 1.54) is 15.2 Å². The summed E-state index contributed by atoms with van der Waals surface area (Å²) in [6, 6.07) is 7.54. The van der Waals surface area contributed by atoms with Gasteiger partial charge >= 0.3 is 0 Å². The van der Waals surface area contributed by atoms with Crippen LogP contribution in [0.3, 0.4) is 0 Å². The largest absolute Gasteiger partial charge is 0.369 e. The molecule has 168 valence electrons. The number of piperidine rings is 1. The van der Waals surface area contributed by atoms with Gasteiger partial charge in [0.2, 0.25) is 5.03 Å². The lowest BCUT2D eigenvalue weighted by Gasteiger charge is -2.35. The lowest BCUT2D eigenvalue weighted by Crippen LogP contribution is -2.49. The predicted molar refractivity (Wildman–Crippen MR) is 120 cm³/mol. The summed E-state index contributed by atoms with van der Waals surface area (Å²) in [5.74, 6) is 0.157. The van der Waals surface area contributed by atoms with Crippen molar-refractivity contribution in [1.29, 1.82) is 0 Å². The molecule has 2 aliphatic heterocycles. The molecule has 0 aliphatic carbocycles. The smallest absolute Gasteiger partial charge is 0.263 e. The third kappa shape index (κ3) is 4.58. The number of aromatic nitrogens is 2. The zero-order chi connectivity index (χ0) is 22.2. The fourth-order valence-corrected chi connectivity index (χ4v) is 6.05. The maximum atomic E-state index is 13.4. The van der Waals surface area contributed by atoms with Crippen LogP contribution in [-0.4, -0.2) is 72.6 Å². The van der Waals surface area contributed by atoms with Crippen molar-refractivity contribution in [2.75, 3.05) is 44.2 Å². The maximum Gasteiger partial charge on any atom is 0.263 e. The van der Waals surface area contributed by atoms with Crippen molar-refractivity contribution in [2.45, 2.75) is 24.8 Å². The number of hydrogen-bond acceptors (Lipinski definition) is 5. The highest BCUT2D eigenvalue weighted by Crippen LogP contribution is 2.26. The van der Waals surface area contributed by atoms with Crippen LogP contribution in [0.2, 0.25) is 5.02 Å². The van der Waals surface area contributed by atoms with Gasteiger partial charge in [-0.3, -0.25) is 9.48 Å². The van der Waals surface area contributed by atoms with E-state index in [0.29, 0.717) is 50.2 Å². The van der Waals surface area contributed by atoms with E-state index in [4.69, 9.17) is 11.6 Å². The fraction of sp³-hybridized carbons (Fsp3) is 0.524. The fourth-order valence-electron chi connectivity index (χ4n) is 4.33. The van der Waals surface area contributed by atoms with Crippen LogP contribution in [0, 0.1) is 5.92 Å². The van der Waals surface area contributed by atoms with Crippen molar-refractivity contribution in [1.82, 2.24) is 19.0 Å². The number of anilines is 1. The molecule has 0 saturated carbocycles. The van der Waals surface area contributed by atoms with Crippen LogP contribution in [0.25, 0.3) is 0 Å². The maximum absolute atomic E-state index is 13.4. The Hall–Kier alpha value is -2.10. The van der Waals surface area contributed by atoms with Gasteiger partial charge < -0.3 is 9.80 Å². The van der Waals surface area contributed by atoms with Gasteiger partial charge in [-0.15, -0.1) is 0 Å². The van der Waals surface area contributed by atoms with Crippen LogP contribution >= 0.6 is 11.6 Å². The molecule has 0 N–H and O–H groups in total.